The summed E-state index contributed by atoms with van der Waals surface area (Å²) in [6.07, 6.45) is 4.85. The summed E-state index contributed by atoms with van der Waals surface area (Å²) in [5, 5.41) is 3.59. The van der Waals surface area contributed by atoms with E-state index in [0.717, 1.165) is 38.5 Å². The lowest BCUT2D eigenvalue weighted by molar-refractivity contribution is 0.134. The highest BCUT2D eigenvalue weighted by molar-refractivity contribution is 5.35. The summed E-state index contributed by atoms with van der Waals surface area (Å²) >= 11 is 0. The number of hydrogen-bond donors (Lipinski definition) is 1. The molecule has 1 unspecified atom stereocenters. The zero-order valence-corrected chi connectivity index (χ0v) is 12.8. The number of benzene rings is 1. The minimum absolute atomic E-state index is 0.300. The maximum atomic E-state index is 5.52. The zero-order valence-electron chi connectivity index (χ0n) is 12.8. The molecule has 1 aromatic heterocycles. The lowest BCUT2D eigenvalue weighted by Gasteiger charge is -2.19. The number of hydrogen-bond acceptors (Lipinski definition) is 3. The van der Waals surface area contributed by atoms with E-state index in [1.807, 2.05) is 6.20 Å². The van der Waals surface area contributed by atoms with E-state index in [9.17, 15) is 0 Å². The predicted molar refractivity (Wildman–Crippen MR) is 83.0 cm³/mol. The van der Waals surface area contributed by atoms with Gasteiger partial charge in [0.1, 0.15) is 5.82 Å². The molecule has 1 aliphatic heterocycles. The van der Waals surface area contributed by atoms with Crippen LogP contribution in [-0.4, -0.2) is 16.1 Å². The molecule has 1 aliphatic rings. The Labute approximate surface area is 126 Å². The molecule has 2 aromatic rings. The molecule has 0 bridgehead atoms. The number of rotatable bonds is 6. The van der Waals surface area contributed by atoms with Crippen molar-refractivity contribution < 1.29 is 4.74 Å². The van der Waals surface area contributed by atoms with Crippen LogP contribution in [-0.2, 0) is 30.9 Å². The lowest BCUT2D eigenvalue weighted by Crippen LogP contribution is -2.24. The number of fused-ring (bicyclic) bond motifs is 1. The first-order valence-electron chi connectivity index (χ1n) is 7.74. The fraction of sp³-hybridized carbons (Fsp3) is 0.471. The minimum Gasteiger partial charge on any atom is -0.372 e. The van der Waals surface area contributed by atoms with E-state index in [0.29, 0.717) is 6.04 Å². The first-order valence-corrected chi connectivity index (χ1v) is 7.74. The van der Waals surface area contributed by atoms with Crippen molar-refractivity contribution >= 4 is 0 Å². The Hall–Kier alpha value is -1.65. The van der Waals surface area contributed by atoms with Gasteiger partial charge in [-0.25, -0.2) is 4.98 Å². The fourth-order valence-electron chi connectivity index (χ4n) is 2.96. The molecule has 0 spiro atoms. The van der Waals surface area contributed by atoms with Crippen LogP contribution in [0.3, 0.4) is 0 Å². The summed E-state index contributed by atoms with van der Waals surface area (Å²) in [4.78, 5) is 4.51. The highest BCUT2D eigenvalue weighted by Crippen LogP contribution is 2.25. The maximum Gasteiger partial charge on any atom is 0.110 e. The van der Waals surface area contributed by atoms with Crippen LogP contribution in [0.5, 0.6) is 0 Å². The Balaban J connectivity index is 1.84. The van der Waals surface area contributed by atoms with Crippen molar-refractivity contribution in [3.05, 3.63) is 53.1 Å². The molecule has 4 heteroatoms. The highest BCUT2D eigenvalue weighted by atomic mass is 16.5. The fourth-order valence-corrected chi connectivity index (χ4v) is 2.96. The number of likely N-dealkylation sites (N-methyl/N-ethyl adjacent to an activating group) is 1. The van der Waals surface area contributed by atoms with Crippen LogP contribution in [0.1, 0.15) is 42.4 Å². The van der Waals surface area contributed by atoms with Gasteiger partial charge in [-0.15, -0.1) is 0 Å². The van der Waals surface area contributed by atoms with Crippen molar-refractivity contribution in [2.24, 2.45) is 0 Å². The Morgan fingerprint density at radius 2 is 2.14 bits per heavy atom. The first-order chi connectivity index (χ1) is 10.3. The molecule has 1 aromatic carbocycles. The normalized spacial score (nSPS) is 15.1. The van der Waals surface area contributed by atoms with Gasteiger partial charge in [0.25, 0.3) is 0 Å². The Bertz CT molecular complexity index is 606. The molecule has 0 aliphatic carbocycles. The van der Waals surface area contributed by atoms with Crippen molar-refractivity contribution in [2.75, 3.05) is 6.54 Å². The number of aromatic nitrogens is 2. The van der Waals surface area contributed by atoms with E-state index in [4.69, 9.17) is 4.74 Å². The van der Waals surface area contributed by atoms with E-state index in [-0.39, 0.29) is 0 Å². The lowest BCUT2D eigenvalue weighted by atomic mass is 9.98. The molecule has 0 fully saturated rings. The topological polar surface area (TPSA) is 39.1 Å². The molecule has 4 nitrogen and oxygen atoms in total. The van der Waals surface area contributed by atoms with Crippen LogP contribution < -0.4 is 5.32 Å². The minimum atomic E-state index is 0.300. The Kier molecular flexibility index (Phi) is 4.36. The van der Waals surface area contributed by atoms with E-state index in [2.05, 4.69) is 53.1 Å². The van der Waals surface area contributed by atoms with Crippen LogP contribution >= 0.6 is 0 Å². The van der Waals surface area contributed by atoms with Crippen molar-refractivity contribution in [2.45, 2.75) is 46.1 Å². The average molecular weight is 285 g/mol. The van der Waals surface area contributed by atoms with Gasteiger partial charge in [-0.3, -0.25) is 0 Å². The molecule has 0 amide bonds. The summed E-state index contributed by atoms with van der Waals surface area (Å²) in [7, 11) is 0. The zero-order chi connectivity index (χ0) is 14.7. The summed E-state index contributed by atoms with van der Waals surface area (Å²) in [6, 6.07) is 7.01. The molecule has 0 saturated heterocycles. The van der Waals surface area contributed by atoms with Crippen LogP contribution in [0.4, 0.5) is 0 Å². The average Bonchev–Trinajstić information content (AvgIpc) is 3.14. The second-order valence-corrected chi connectivity index (χ2v) is 5.46. The van der Waals surface area contributed by atoms with Gasteiger partial charge in [-0.2, -0.15) is 0 Å². The molecule has 112 valence electrons. The van der Waals surface area contributed by atoms with Gasteiger partial charge in [-0.1, -0.05) is 25.1 Å². The van der Waals surface area contributed by atoms with Crippen molar-refractivity contribution in [1.29, 1.82) is 0 Å². The molecule has 1 N–H and O–H groups in total. The predicted octanol–water partition coefficient (Wildman–Crippen LogP) is 2.83. The van der Waals surface area contributed by atoms with Crippen LogP contribution in [0.15, 0.2) is 30.6 Å². The molecular formula is C17H23N3O. The molecule has 1 atom stereocenters. The van der Waals surface area contributed by atoms with Gasteiger partial charge in [0.2, 0.25) is 0 Å². The van der Waals surface area contributed by atoms with E-state index >= 15 is 0 Å². The van der Waals surface area contributed by atoms with Gasteiger partial charge in [0, 0.05) is 31.4 Å². The number of imidazole rings is 1. The summed E-state index contributed by atoms with van der Waals surface area (Å²) in [5.41, 5.74) is 3.98. The van der Waals surface area contributed by atoms with Crippen molar-refractivity contribution in [3.8, 4) is 0 Å². The summed E-state index contributed by atoms with van der Waals surface area (Å²) in [6.45, 7) is 7.71. The highest BCUT2D eigenvalue weighted by Gasteiger charge is 2.18. The second-order valence-electron chi connectivity index (χ2n) is 5.46. The molecule has 21 heavy (non-hydrogen) atoms. The van der Waals surface area contributed by atoms with Crippen LogP contribution in [0.2, 0.25) is 0 Å². The van der Waals surface area contributed by atoms with Gasteiger partial charge in [0.05, 0.1) is 13.2 Å². The van der Waals surface area contributed by atoms with Crippen LogP contribution in [0.25, 0.3) is 0 Å². The van der Waals surface area contributed by atoms with E-state index in [1.165, 1.54) is 16.7 Å². The van der Waals surface area contributed by atoms with Gasteiger partial charge in [-0.05, 0) is 30.2 Å². The quantitative estimate of drug-likeness (QED) is 0.887. The SMILES string of the molecule is CCNC(Cc1nccn1CC)c1ccc2c(c1)COC2. The molecular weight excluding hydrogens is 262 g/mol. The monoisotopic (exact) mass is 285 g/mol. The smallest absolute Gasteiger partial charge is 0.110 e. The van der Waals surface area contributed by atoms with Gasteiger partial charge < -0.3 is 14.6 Å². The number of nitrogens with one attached hydrogen (secondary N) is 1. The molecule has 0 radical (unpaired) electrons. The summed E-state index contributed by atoms with van der Waals surface area (Å²) in [5.74, 6) is 1.14. The second kappa shape index (κ2) is 6.41. The Morgan fingerprint density at radius 3 is 2.95 bits per heavy atom. The molecule has 2 heterocycles. The standard InChI is InChI=1S/C17H23N3O/c1-3-18-16(10-17-19-7-8-20(17)4-2)13-5-6-14-11-21-12-15(14)9-13/h5-9,16,18H,3-4,10-12H2,1-2H3. The van der Waals surface area contributed by atoms with Crippen molar-refractivity contribution in [1.82, 2.24) is 14.9 Å². The van der Waals surface area contributed by atoms with Gasteiger partial charge in [0.15, 0.2) is 0 Å². The number of ether oxygens (including phenoxy) is 1. The summed E-state index contributed by atoms with van der Waals surface area (Å²) < 4.78 is 7.72. The third kappa shape index (κ3) is 3.01. The maximum absolute atomic E-state index is 5.52. The Morgan fingerprint density at radius 1 is 1.29 bits per heavy atom. The van der Waals surface area contributed by atoms with E-state index < -0.39 is 0 Å². The molecule has 0 saturated carbocycles. The number of aryl methyl sites for hydroxylation is 1. The number of nitrogens with zero attached hydrogens (tertiary/aromatic N) is 2. The van der Waals surface area contributed by atoms with E-state index in [1.54, 1.807) is 0 Å². The van der Waals surface area contributed by atoms with Crippen LogP contribution in [0, 0.1) is 0 Å². The molecule has 3 rings (SSSR count). The van der Waals surface area contributed by atoms with Crippen molar-refractivity contribution in [3.63, 3.8) is 0 Å². The first kappa shape index (κ1) is 14.3. The largest absolute Gasteiger partial charge is 0.372 e. The third-order valence-corrected chi connectivity index (χ3v) is 4.13. The van der Waals surface area contributed by atoms with Gasteiger partial charge >= 0.3 is 0 Å². The third-order valence-electron chi connectivity index (χ3n) is 4.13.